The number of aromatic nitrogens is 1. The van der Waals surface area contributed by atoms with Crippen molar-refractivity contribution in [1.29, 1.82) is 0 Å². The molecular weight excluding hydrogens is 372 g/mol. The number of rotatable bonds is 7. The summed E-state index contributed by atoms with van der Waals surface area (Å²) in [5, 5.41) is 3.66. The zero-order valence-electron chi connectivity index (χ0n) is 16.5. The van der Waals surface area contributed by atoms with Crippen LogP contribution in [0.25, 0.3) is 10.9 Å². The number of carbonyl (C=O) groups is 2. The van der Waals surface area contributed by atoms with Gasteiger partial charge in [0, 0.05) is 17.1 Å². The van der Waals surface area contributed by atoms with Crippen LogP contribution in [-0.4, -0.2) is 38.2 Å². The third-order valence-corrected chi connectivity index (χ3v) is 4.60. The van der Waals surface area contributed by atoms with Crippen molar-refractivity contribution in [2.45, 2.75) is 12.5 Å². The average molecular weight is 394 g/mol. The van der Waals surface area contributed by atoms with Crippen LogP contribution in [0.1, 0.15) is 28.4 Å². The van der Waals surface area contributed by atoms with Gasteiger partial charge in [-0.15, -0.1) is 0 Å². The van der Waals surface area contributed by atoms with Crippen molar-refractivity contribution >= 4 is 22.8 Å². The Morgan fingerprint density at radius 3 is 2.52 bits per heavy atom. The summed E-state index contributed by atoms with van der Waals surface area (Å²) in [5.41, 5.74) is 1.89. The molecule has 29 heavy (non-hydrogen) atoms. The molecule has 7 heteroatoms. The van der Waals surface area contributed by atoms with Crippen molar-refractivity contribution in [1.82, 2.24) is 10.3 Å². The summed E-state index contributed by atoms with van der Waals surface area (Å²) >= 11 is 0. The van der Waals surface area contributed by atoms with Gasteiger partial charge in [-0.3, -0.25) is 14.6 Å². The number of amides is 1. The SMILES string of the molecule is COC(=O)CC(NC(=O)c1cccc2ncccc12)c1ccc(OC)c(OC)c1. The van der Waals surface area contributed by atoms with E-state index >= 15 is 0 Å². The first-order chi connectivity index (χ1) is 14.1. The number of esters is 1. The van der Waals surface area contributed by atoms with Gasteiger partial charge in [0.25, 0.3) is 5.91 Å². The molecule has 0 bridgehead atoms. The molecule has 2 aromatic carbocycles. The lowest BCUT2D eigenvalue weighted by atomic mass is 10.0. The average Bonchev–Trinajstić information content (AvgIpc) is 2.77. The fourth-order valence-corrected chi connectivity index (χ4v) is 3.11. The molecule has 1 amide bonds. The lowest BCUT2D eigenvalue weighted by Gasteiger charge is -2.20. The normalized spacial score (nSPS) is 11.6. The molecule has 3 rings (SSSR count). The van der Waals surface area contributed by atoms with Crippen LogP contribution in [0.4, 0.5) is 0 Å². The maximum Gasteiger partial charge on any atom is 0.307 e. The van der Waals surface area contributed by atoms with Crippen molar-refractivity contribution in [3.05, 3.63) is 65.9 Å². The van der Waals surface area contributed by atoms with E-state index in [1.807, 2.05) is 12.1 Å². The number of fused-ring (bicyclic) bond motifs is 1. The lowest BCUT2D eigenvalue weighted by Crippen LogP contribution is -2.30. The first-order valence-corrected chi connectivity index (χ1v) is 9.00. The molecule has 1 heterocycles. The number of carbonyl (C=O) groups excluding carboxylic acids is 2. The van der Waals surface area contributed by atoms with Crippen molar-refractivity contribution in [3.8, 4) is 11.5 Å². The minimum atomic E-state index is -0.610. The summed E-state index contributed by atoms with van der Waals surface area (Å²) in [5.74, 6) is 0.306. The highest BCUT2D eigenvalue weighted by atomic mass is 16.5. The molecular formula is C22H22N2O5. The van der Waals surface area contributed by atoms with E-state index in [1.54, 1.807) is 49.7 Å². The summed E-state index contributed by atoms with van der Waals surface area (Å²) in [6.07, 6.45) is 1.65. The Balaban J connectivity index is 1.95. The van der Waals surface area contributed by atoms with Crippen LogP contribution in [0.3, 0.4) is 0 Å². The highest BCUT2D eigenvalue weighted by Gasteiger charge is 2.22. The first-order valence-electron chi connectivity index (χ1n) is 9.00. The number of ether oxygens (including phenoxy) is 3. The van der Waals surface area contributed by atoms with Crippen LogP contribution in [0.5, 0.6) is 11.5 Å². The van der Waals surface area contributed by atoms with Crippen molar-refractivity contribution in [2.24, 2.45) is 0 Å². The molecule has 1 aromatic heterocycles. The third-order valence-electron chi connectivity index (χ3n) is 4.60. The molecule has 7 nitrogen and oxygen atoms in total. The van der Waals surface area contributed by atoms with E-state index in [0.29, 0.717) is 22.6 Å². The maximum atomic E-state index is 13.0. The van der Waals surface area contributed by atoms with E-state index in [-0.39, 0.29) is 12.3 Å². The monoisotopic (exact) mass is 394 g/mol. The molecule has 0 saturated carbocycles. The van der Waals surface area contributed by atoms with Crippen LogP contribution in [0.2, 0.25) is 0 Å². The predicted molar refractivity (Wildman–Crippen MR) is 108 cm³/mol. The Hall–Kier alpha value is -3.61. The van der Waals surface area contributed by atoms with Crippen molar-refractivity contribution < 1.29 is 23.8 Å². The molecule has 0 radical (unpaired) electrons. The van der Waals surface area contributed by atoms with Crippen molar-refractivity contribution in [2.75, 3.05) is 21.3 Å². The second-order valence-electron chi connectivity index (χ2n) is 6.30. The Morgan fingerprint density at radius 1 is 1.00 bits per heavy atom. The molecule has 0 fully saturated rings. The van der Waals surface area contributed by atoms with Gasteiger partial charge in [-0.05, 0) is 35.9 Å². The summed E-state index contributed by atoms with van der Waals surface area (Å²) in [7, 11) is 4.38. The van der Waals surface area contributed by atoms with Gasteiger partial charge in [-0.2, -0.15) is 0 Å². The van der Waals surface area contributed by atoms with Gasteiger partial charge in [0.1, 0.15) is 0 Å². The molecule has 0 aliphatic carbocycles. The van der Waals surface area contributed by atoms with E-state index in [0.717, 1.165) is 10.9 Å². The molecule has 0 saturated heterocycles. The molecule has 3 aromatic rings. The highest BCUT2D eigenvalue weighted by Crippen LogP contribution is 2.31. The predicted octanol–water partition coefficient (Wildman–Crippen LogP) is 3.29. The third kappa shape index (κ3) is 4.45. The molecule has 0 aliphatic heterocycles. The van der Waals surface area contributed by atoms with Crippen LogP contribution < -0.4 is 14.8 Å². The van der Waals surface area contributed by atoms with Crippen molar-refractivity contribution in [3.63, 3.8) is 0 Å². The van der Waals surface area contributed by atoms with E-state index in [1.165, 1.54) is 14.2 Å². The zero-order chi connectivity index (χ0) is 20.8. The lowest BCUT2D eigenvalue weighted by molar-refractivity contribution is -0.141. The molecule has 0 aliphatic rings. The van der Waals surface area contributed by atoms with Gasteiger partial charge in [0.05, 0.1) is 39.3 Å². The molecule has 0 spiro atoms. The Bertz CT molecular complexity index is 1030. The summed E-state index contributed by atoms with van der Waals surface area (Å²) in [6, 6.07) is 13.6. The van der Waals surface area contributed by atoms with Gasteiger partial charge in [0.15, 0.2) is 11.5 Å². The van der Waals surface area contributed by atoms with Crippen LogP contribution in [0, 0.1) is 0 Å². The van der Waals surface area contributed by atoms with E-state index in [9.17, 15) is 9.59 Å². The van der Waals surface area contributed by atoms with E-state index < -0.39 is 12.0 Å². The van der Waals surface area contributed by atoms with Gasteiger partial charge in [0.2, 0.25) is 0 Å². The Labute approximate surface area is 168 Å². The zero-order valence-corrected chi connectivity index (χ0v) is 16.5. The largest absolute Gasteiger partial charge is 0.493 e. The van der Waals surface area contributed by atoms with Gasteiger partial charge < -0.3 is 19.5 Å². The maximum absolute atomic E-state index is 13.0. The standard InChI is InChI=1S/C22H22N2O5/c1-27-19-10-9-14(12-20(19)28-2)18(13-21(25)29-3)24-22(26)16-6-4-8-17-15(16)7-5-11-23-17/h4-12,18H,13H2,1-3H3,(H,24,26). The van der Waals surface area contributed by atoms with Gasteiger partial charge in [-0.1, -0.05) is 18.2 Å². The van der Waals surface area contributed by atoms with Crippen LogP contribution in [0.15, 0.2) is 54.7 Å². The van der Waals surface area contributed by atoms with Gasteiger partial charge in [-0.25, -0.2) is 0 Å². The Kier molecular flexibility index (Phi) is 6.29. The van der Waals surface area contributed by atoms with E-state index in [4.69, 9.17) is 14.2 Å². The van der Waals surface area contributed by atoms with Crippen LogP contribution >= 0.6 is 0 Å². The number of hydrogen-bond acceptors (Lipinski definition) is 6. The molecule has 1 unspecified atom stereocenters. The van der Waals surface area contributed by atoms with Crippen LogP contribution in [-0.2, 0) is 9.53 Å². The van der Waals surface area contributed by atoms with Gasteiger partial charge >= 0.3 is 5.97 Å². The number of hydrogen-bond donors (Lipinski definition) is 1. The minimum absolute atomic E-state index is 0.0270. The number of nitrogens with zero attached hydrogens (tertiary/aromatic N) is 1. The second-order valence-corrected chi connectivity index (χ2v) is 6.30. The number of nitrogens with one attached hydrogen (secondary N) is 1. The summed E-state index contributed by atoms with van der Waals surface area (Å²) in [6.45, 7) is 0. The molecule has 1 atom stereocenters. The fourth-order valence-electron chi connectivity index (χ4n) is 3.11. The quantitative estimate of drug-likeness (QED) is 0.619. The summed E-state index contributed by atoms with van der Waals surface area (Å²) in [4.78, 5) is 29.3. The Morgan fingerprint density at radius 2 is 1.79 bits per heavy atom. The smallest absolute Gasteiger partial charge is 0.307 e. The number of benzene rings is 2. The van der Waals surface area contributed by atoms with E-state index in [2.05, 4.69) is 10.3 Å². The number of pyridine rings is 1. The topological polar surface area (TPSA) is 86.8 Å². The second kappa shape index (κ2) is 9.05. The summed E-state index contributed by atoms with van der Waals surface area (Å²) < 4.78 is 15.4. The number of methoxy groups -OCH3 is 3. The fraction of sp³-hybridized carbons (Fsp3) is 0.227. The first kappa shape index (κ1) is 20.1. The minimum Gasteiger partial charge on any atom is -0.493 e. The molecule has 1 N–H and O–H groups in total. The molecule has 150 valence electrons. The highest BCUT2D eigenvalue weighted by molar-refractivity contribution is 6.06.